The average Bonchev–Trinajstić information content (AvgIpc) is 3.06. The second-order valence-corrected chi connectivity index (χ2v) is 6.49. The highest BCUT2D eigenvalue weighted by atomic mass is 16.5. The van der Waals surface area contributed by atoms with Crippen molar-refractivity contribution in [2.24, 2.45) is 5.41 Å². The molecule has 1 spiro atoms. The van der Waals surface area contributed by atoms with Crippen molar-refractivity contribution >= 4 is 5.91 Å². The van der Waals surface area contributed by atoms with Gasteiger partial charge in [0.1, 0.15) is 0 Å². The zero-order chi connectivity index (χ0) is 15.6. The monoisotopic (exact) mass is 303 g/mol. The quantitative estimate of drug-likeness (QED) is 0.879. The SMILES string of the molecule is CCOC1CC(NC(=O)C(O)c2ccccc2)C12CCCC2. The molecular formula is C18H25NO3. The molecule has 3 atom stereocenters. The first-order valence-electron chi connectivity index (χ1n) is 8.32. The maximum Gasteiger partial charge on any atom is 0.253 e. The Morgan fingerprint density at radius 2 is 2.05 bits per heavy atom. The summed E-state index contributed by atoms with van der Waals surface area (Å²) in [7, 11) is 0. The fourth-order valence-electron chi connectivity index (χ4n) is 4.13. The van der Waals surface area contributed by atoms with Crippen LogP contribution in [0.15, 0.2) is 30.3 Å². The van der Waals surface area contributed by atoms with E-state index in [0.717, 1.165) is 25.9 Å². The zero-order valence-corrected chi connectivity index (χ0v) is 13.1. The van der Waals surface area contributed by atoms with Crippen LogP contribution in [0.1, 0.15) is 50.7 Å². The molecule has 2 saturated carbocycles. The van der Waals surface area contributed by atoms with Crippen LogP contribution < -0.4 is 5.32 Å². The molecule has 0 heterocycles. The Labute approximate surface area is 131 Å². The van der Waals surface area contributed by atoms with Crippen LogP contribution in [0.3, 0.4) is 0 Å². The van der Waals surface area contributed by atoms with Crippen molar-refractivity contribution < 1.29 is 14.6 Å². The van der Waals surface area contributed by atoms with Gasteiger partial charge in [-0.25, -0.2) is 0 Å². The van der Waals surface area contributed by atoms with Crippen molar-refractivity contribution in [2.75, 3.05) is 6.61 Å². The van der Waals surface area contributed by atoms with Gasteiger partial charge in [0.25, 0.3) is 5.91 Å². The summed E-state index contributed by atoms with van der Waals surface area (Å²) in [5.74, 6) is -0.294. The molecule has 0 aliphatic heterocycles. The molecule has 4 nitrogen and oxygen atoms in total. The van der Waals surface area contributed by atoms with E-state index in [1.165, 1.54) is 12.8 Å². The van der Waals surface area contributed by atoms with Crippen LogP contribution in [-0.2, 0) is 9.53 Å². The van der Waals surface area contributed by atoms with Crippen LogP contribution in [0.2, 0.25) is 0 Å². The minimum atomic E-state index is -1.09. The predicted octanol–water partition coefficient (Wildman–Crippen LogP) is 2.57. The van der Waals surface area contributed by atoms with Gasteiger partial charge in [-0.2, -0.15) is 0 Å². The Morgan fingerprint density at radius 3 is 2.68 bits per heavy atom. The molecule has 1 aromatic rings. The standard InChI is InChI=1S/C18H25NO3/c1-2-22-15-12-14(18(15)10-6-7-11-18)19-17(21)16(20)13-8-4-3-5-9-13/h3-5,8-9,14-16,20H,2,6-7,10-12H2,1H3,(H,19,21). The van der Waals surface area contributed by atoms with Crippen molar-refractivity contribution in [3.63, 3.8) is 0 Å². The summed E-state index contributed by atoms with van der Waals surface area (Å²) in [6.07, 6.45) is 4.67. The molecule has 22 heavy (non-hydrogen) atoms. The van der Waals surface area contributed by atoms with Crippen molar-refractivity contribution in [1.82, 2.24) is 5.32 Å². The first-order chi connectivity index (χ1) is 10.7. The summed E-state index contributed by atoms with van der Waals surface area (Å²) in [6, 6.07) is 9.23. The van der Waals surface area contributed by atoms with Gasteiger partial charge in [0.15, 0.2) is 6.10 Å². The van der Waals surface area contributed by atoms with Crippen molar-refractivity contribution in [3.8, 4) is 0 Å². The molecule has 4 heteroatoms. The highest BCUT2D eigenvalue weighted by molar-refractivity contribution is 5.82. The summed E-state index contributed by atoms with van der Waals surface area (Å²) >= 11 is 0. The minimum Gasteiger partial charge on any atom is -0.378 e. The van der Waals surface area contributed by atoms with Gasteiger partial charge in [-0.1, -0.05) is 43.2 Å². The number of aliphatic hydroxyl groups excluding tert-OH is 1. The highest BCUT2D eigenvalue weighted by Gasteiger charge is 2.57. The van der Waals surface area contributed by atoms with Gasteiger partial charge in [0.05, 0.1) is 6.10 Å². The molecule has 2 N–H and O–H groups in total. The Bertz CT molecular complexity index is 510. The first-order valence-corrected chi connectivity index (χ1v) is 8.32. The summed E-state index contributed by atoms with van der Waals surface area (Å²) in [5, 5.41) is 13.3. The largest absolute Gasteiger partial charge is 0.378 e. The van der Waals surface area contributed by atoms with E-state index in [9.17, 15) is 9.90 Å². The van der Waals surface area contributed by atoms with Gasteiger partial charge in [0, 0.05) is 18.1 Å². The summed E-state index contributed by atoms with van der Waals surface area (Å²) in [4.78, 5) is 12.3. The number of carbonyl (C=O) groups excluding carboxylic acids is 1. The molecule has 0 bridgehead atoms. The fraction of sp³-hybridized carbons (Fsp3) is 0.611. The third kappa shape index (κ3) is 2.66. The molecule has 3 rings (SSSR count). The van der Waals surface area contributed by atoms with E-state index < -0.39 is 6.10 Å². The molecule has 1 amide bonds. The molecule has 2 aliphatic rings. The molecule has 120 valence electrons. The maximum atomic E-state index is 12.3. The van der Waals surface area contributed by atoms with E-state index in [1.807, 2.05) is 25.1 Å². The normalized spacial score (nSPS) is 27.4. The Hall–Kier alpha value is -1.39. The van der Waals surface area contributed by atoms with Gasteiger partial charge in [-0.05, 0) is 31.7 Å². The lowest BCUT2D eigenvalue weighted by molar-refractivity contribution is -0.149. The van der Waals surface area contributed by atoms with E-state index >= 15 is 0 Å². The van der Waals surface area contributed by atoms with Crippen molar-refractivity contribution in [2.45, 2.75) is 57.3 Å². The van der Waals surface area contributed by atoms with Crippen LogP contribution in [0, 0.1) is 5.41 Å². The molecule has 0 aromatic heterocycles. The van der Waals surface area contributed by atoms with E-state index in [-0.39, 0.29) is 23.5 Å². The van der Waals surface area contributed by atoms with Gasteiger partial charge >= 0.3 is 0 Å². The van der Waals surface area contributed by atoms with Crippen LogP contribution in [0.25, 0.3) is 0 Å². The number of rotatable bonds is 5. The maximum absolute atomic E-state index is 12.3. The van der Waals surface area contributed by atoms with Gasteiger partial charge in [-0.3, -0.25) is 4.79 Å². The lowest BCUT2D eigenvalue weighted by Gasteiger charge is -2.54. The fourth-order valence-corrected chi connectivity index (χ4v) is 4.13. The number of hydrogen-bond donors (Lipinski definition) is 2. The lowest BCUT2D eigenvalue weighted by atomic mass is 9.60. The number of hydrogen-bond acceptors (Lipinski definition) is 3. The Morgan fingerprint density at radius 1 is 1.36 bits per heavy atom. The minimum absolute atomic E-state index is 0.0993. The summed E-state index contributed by atoms with van der Waals surface area (Å²) < 4.78 is 5.86. The topological polar surface area (TPSA) is 58.6 Å². The smallest absolute Gasteiger partial charge is 0.253 e. The van der Waals surface area contributed by atoms with E-state index in [4.69, 9.17) is 4.74 Å². The molecule has 3 unspecified atom stereocenters. The van der Waals surface area contributed by atoms with Crippen LogP contribution in [-0.4, -0.2) is 29.8 Å². The Kier molecular flexibility index (Phi) is 4.50. The number of amides is 1. The number of nitrogens with one attached hydrogen (secondary N) is 1. The average molecular weight is 303 g/mol. The Balaban J connectivity index is 1.64. The molecule has 1 aromatic carbocycles. The summed E-state index contributed by atoms with van der Waals surface area (Å²) in [5.41, 5.74) is 0.739. The van der Waals surface area contributed by atoms with Crippen LogP contribution >= 0.6 is 0 Å². The van der Waals surface area contributed by atoms with E-state index in [1.54, 1.807) is 12.1 Å². The zero-order valence-electron chi connectivity index (χ0n) is 13.1. The molecule has 2 fully saturated rings. The summed E-state index contributed by atoms with van der Waals surface area (Å²) in [6.45, 7) is 2.74. The predicted molar refractivity (Wildman–Crippen MR) is 84.3 cm³/mol. The highest BCUT2D eigenvalue weighted by Crippen LogP contribution is 2.54. The second kappa shape index (κ2) is 6.39. The van der Waals surface area contributed by atoms with Gasteiger partial charge in [-0.15, -0.1) is 0 Å². The molecule has 0 saturated heterocycles. The molecule has 2 aliphatic carbocycles. The van der Waals surface area contributed by atoms with Gasteiger partial charge in [0.2, 0.25) is 0 Å². The first kappa shape index (κ1) is 15.5. The van der Waals surface area contributed by atoms with Crippen molar-refractivity contribution in [3.05, 3.63) is 35.9 Å². The number of aliphatic hydroxyl groups is 1. The number of carbonyl (C=O) groups is 1. The van der Waals surface area contributed by atoms with Crippen LogP contribution in [0.5, 0.6) is 0 Å². The molecule has 0 radical (unpaired) electrons. The van der Waals surface area contributed by atoms with Crippen LogP contribution in [0.4, 0.5) is 0 Å². The second-order valence-electron chi connectivity index (χ2n) is 6.49. The number of ether oxygens (including phenoxy) is 1. The van der Waals surface area contributed by atoms with Gasteiger partial charge < -0.3 is 15.2 Å². The molecular weight excluding hydrogens is 278 g/mol. The third-order valence-electron chi connectivity index (χ3n) is 5.37. The number of benzene rings is 1. The van der Waals surface area contributed by atoms with Crippen molar-refractivity contribution in [1.29, 1.82) is 0 Å². The lowest BCUT2D eigenvalue weighted by Crippen LogP contribution is -2.64. The third-order valence-corrected chi connectivity index (χ3v) is 5.37. The van der Waals surface area contributed by atoms with E-state index in [0.29, 0.717) is 5.56 Å². The van der Waals surface area contributed by atoms with E-state index in [2.05, 4.69) is 5.32 Å².